The van der Waals surface area contributed by atoms with Crippen molar-refractivity contribution in [1.29, 1.82) is 0 Å². The minimum Gasteiger partial charge on any atom is -0.508 e. The highest BCUT2D eigenvalue weighted by molar-refractivity contribution is 8.00. The first kappa shape index (κ1) is 29.9. The minimum absolute atomic E-state index is 0.0295. The number of phenolic OH excluding ortho intramolecular Hbond substituents is 1. The van der Waals surface area contributed by atoms with Crippen molar-refractivity contribution >= 4 is 57.9 Å². The summed E-state index contributed by atoms with van der Waals surface area (Å²) >= 11 is 1.94. The Morgan fingerprint density at radius 2 is 1.67 bits per heavy atom. The van der Waals surface area contributed by atoms with E-state index >= 15 is 0 Å². The largest absolute Gasteiger partial charge is 0.508 e. The molecule has 230 valence electrons. The van der Waals surface area contributed by atoms with Crippen molar-refractivity contribution in [2.45, 2.75) is 22.7 Å². The number of aromatic nitrogens is 1. The van der Waals surface area contributed by atoms with Gasteiger partial charge >= 0.3 is 4.87 Å². The molecule has 2 aliphatic heterocycles. The third kappa shape index (κ3) is 5.29. The highest BCUT2D eigenvalue weighted by atomic mass is 32.2. The quantitative estimate of drug-likeness (QED) is 0.123. The van der Waals surface area contributed by atoms with Crippen LogP contribution in [0.4, 0.5) is 17.1 Å². The van der Waals surface area contributed by atoms with Gasteiger partial charge in [-0.2, -0.15) is 0 Å². The molecule has 0 radical (unpaired) electrons. The predicted octanol–water partition coefficient (Wildman–Crippen LogP) is 3.98. The van der Waals surface area contributed by atoms with Gasteiger partial charge < -0.3 is 19.9 Å². The highest BCUT2D eigenvalue weighted by Gasteiger charge is 2.57. The van der Waals surface area contributed by atoms with E-state index in [1.54, 1.807) is 18.2 Å². The van der Waals surface area contributed by atoms with E-state index in [1.807, 2.05) is 0 Å². The van der Waals surface area contributed by atoms with Crippen LogP contribution in [0, 0.1) is 16.0 Å². The summed E-state index contributed by atoms with van der Waals surface area (Å²) < 4.78 is 12.2. The van der Waals surface area contributed by atoms with Crippen molar-refractivity contribution in [3.8, 4) is 17.2 Å². The summed E-state index contributed by atoms with van der Waals surface area (Å²) in [5.74, 6) is -2.40. The molecule has 0 spiro atoms. The molecule has 3 amide bonds. The maximum absolute atomic E-state index is 14.1. The van der Waals surface area contributed by atoms with E-state index in [1.165, 1.54) is 67.3 Å². The molecule has 1 saturated heterocycles. The average molecular weight is 649 g/mol. The molecule has 15 heteroatoms. The summed E-state index contributed by atoms with van der Waals surface area (Å²) in [7, 11) is 2.95. The molecule has 2 aliphatic rings. The number of imide groups is 1. The Morgan fingerprint density at radius 3 is 2.31 bits per heavy atom. The first-order valence-corrected chi connectivity index (χ1v) is 15.1. The zero-order valence-electron chi connectivity index (χ0n) is 23.7. The van der Waals surface area contributed by atoms with Crippen molar-refractivity contribution in [2.75, 3.05) is 24.4 Å². The molecule has 1 fully saturated rings. The lowest BCUT2D eigenvalue weighted by Gasteiger charge is -2.31. The van der Waals surface area contributed by atoms with Crippen LogP contribution in [-0.2, 0) is 20.9 Å². The number of nitro groups is 1. The first-order chi connectivity index (χ1) is 21.6. The van der Waals surface area contributed by atoms with Crippen LogP contribution in [0.2, 0.25) is 0 Å². The number of nitrogens with one attached hydrogen (secondary N) is 1. The number of carbonyl (C=O) groups is 3. The molecule has 6 rings (SSSR count). The molecule has 2 N–H and O–H groups in total. The Kier molecular flexibility index (Phi) is 7.80. The Morgan fingerprint density at radius 1 is 0.978 bits per heavy atom. The topological polar surface area (TPSA) is 170 Å². The number of thioether (sulfide) groups is 1. The fourth-order valence-corrected chi connectivity index (χ4v) is 8.30. The van der Waals surface area contributed by atoms with Gasteiger partial charge in [0.2, 0.25) is 17.7 Å². The molecule has 13 nitrogen and oxygen atoms in total. The van der Waals surface area contributed by atoms with E-state index in [9.17, 15) is 34.4 Å². The third-order valence-electron chi connectivity index (χ3n) is 7.59. The van der Waals surface area contributed by atoms with Gasteiger partial charge in [-0.3, -0.25) is 33.9 Å². The number of non-ortho nitro benzene ring substituents is 1. The standard InChI is InChI=1S/C30H24N4O9S2/c1-42-20-12-3-15(13-21(20)43-2)23-24-25(28(38)33(27(24)37)17-6-8-18(9-7-17)34(40)41)44-29-26(23)45-30(39)32(29)14-22(36)31-16-4-10-19(35)11-5-16/h3-13,23-25,35H,14H2,1-2H3,(H,31,36)/t23-,24-,25+/m0/s1. The van der Waals surface area contributed by atoms with E-state index in [4.69, 9.17) is 9.47 Å². The molecule has 0 unspecified atom stereocenters. The van der Waals surface area contributed by atoms with Crippen LogP contribution in [-0.4, -0.2) is 51.8 Å². The van der Waals surface area contributed by atoms with E-state index < -0.39 is 44.6 Å². The highest BCUT2D eigenvalue weighted by Crippen LogP contribution is 2.54. The summed E-state index contributed by atoms with van der Waals surface area (Å²) in [4.78, 5) is 66.1. The number of rotatable bonds is 8. The van der Waals surface area contributed by atoms with Crippen molar-refractivity contribution in [3.63, 3.8) is 0 Å². The number of phenols is 1. The van der Waals surface area contributed by atoms with E-state index in [0.717, 1.165) is 28.0 Å². The van der Waals surface area contributed by atoms with Gasteiger partial charge in [0, 0.05) is 28.6 Å². The number of nitro benzene ring substituents is 1. The second kappa shape index (κ2) is 11.7. The number of nitrogens with zero attached hydrogens (tertiary/aromatic N) is 3. The number of benzene rings is 3. The Labute approximate surface area is 263 Å². The lowest BCUT2D eigenvalue weighted by atomic mass is 9.83. The molecule has 0 aliphatic carbocycles. The number of carbonyl (C=O) groups excluding carboxylic acids is 3. The van der Waals surface area contributed by atoms with E-state index in [-0.39, 0.29) is 23.7 Å². The van der Waals surface area contributed by atoms with E-state index in [0.29, 0.717) is 32.7 Å². The SMILES string of the molecule is COc1ccc([C@@H]2c3sc(=O)n(CC(=O)Nc4ccc(O)cc4)c3S[C@H]3C(=O)N(c4ccc([N+](=O)[O-])cc4)C(=O)[C@@H]23)cc1OC. The maximum Gasteiger partial charge on any atom is 0.308 e. The summed E-state index contributed by atoms with van der Waals surface area (Å²) in [5.41, 5.74) is 1.01. The lowest BCUT2D eigenvalue weighted by molar-refractivity contribution is -0.384. The molecule has 3 aromatic carbocycles. The van der Waals surface area contributed by atoms with Crippen LogP contribution < -0.4 is 24.6 Å². The average Bonchev–Trinajstić information content (AvgIpc) is 3.47. The molecule has 3 atom stereocenters. The normalized spacial score (nSPS) is 18.7. The second-order valence-corrected chi connectivity index (χ2v) is 12.3. The van der Waals surface area contributed by atoms with Crippen molar-refractivity contribution < 1.29 is 33.9 Å². The zero-order valence-corrected chi connectivity index (χ0v) is 25.3. The zero-order chi connectivity index (χ0) is 32.0. The van der Waals surface area contributed by atoms with Gasteiger partial charge in [-0.25, -0.2) is 4.90 Å². The summed E-state index contributed by atoms with van der Waals surface area (Å²) in [6.07, 6.45) is 0. The molecule has 45 heavy (non-hydrogen) atoms. The second-order valence-electron chi connectivity index (χ2n) is 10.2. The molecular formula is C30H24N4O9S2. The minimum atomic E-state index is -0.960. The van der Waals surface area contributed by atoms with Crippen LogP contribution >= 0.6 is 23.1 Å². The van der Waals surface area contributed by atoms with Gasteiger partial charge in [0.05, 0.1) is 35.8 Å². The number of thiazole rings is 1. The maximum atomic E-state index is 14.1. The molecular weight excluding hydrogens is 624 g/mol. The number of methoxy groups -OCH3 is 2. The van der Waals surface area contributed by atoms with Crippen molar-refractivity contribution in [2.24, 2.45) is 5.92 Å². The molecule has 3 heterocycles. The Hall–Kier alpha value is -5.15. The fraction of sp³-hybridized carbons (Fsp3) is 0.200. The van der Waals surface area contributed by atoms with Gasteiger partial charge in [0.15, 0.2) is 11.5 Å². The number of amides is 3. The Bertz CT molecular complexity index is 1900. The van der Waals surface area contributed by atoms with Gasteiger partial charge in [-0.15, -0.1) is 0 Å². The molecule has 4 aromatic rings. The number of ether oxygens (including phenoxy) is 2. The summed E-state index contributed by atoms with van der Waals surface area (Å²) in [6, 6.07) is 16.1. The first-order valence-electron chi connectivity index (χ1n) is 13.4. The smallest absolute Gasteiger partial charge is 0.308 e. The Balaban J connectivity index is 1.43. The number of hydrogen-bond acceptors (Lipinski definition) is 11. The molecule has 0 bridgehead atoms. The summed E-state index contributed by atoms with van der Waals surface area (Å²) in [5, 5.41) is 22.8. The van der Waals surface area contributed by atoms with Crippen molar-refractivity contribution in [3.05, 3.63) is 97.0 Å². The van der Waals surface area contributed by atoms with Crippen LogP contribution in [0.3, 0.4) is 0 Å². The van der Waals surface area contributed by atoms with Crippen LogP contribution in [0.1, 0.15) is 16.4 Å². The predicted molar refractivity (Wildman–Crippen MR) is 165 cm³/mol. The molecule has 1 aromatic heterocycles. The van der Waals surface area contributed by atoms with Gasteiger partial charge in [0.25, 0.3) is 5.69 Å². The van der Waals surface area contributed by atoms with Gasteiger partial charge in [-0.1, -0.05) is 29.2 Å². The lowest BCUT2D eigenvalue weighted by Crippen LogP contribution is -2.33. The number of hydrogen-bond donors (Lipinski definition) is 2. The van der Waals surface area contributed by atoms with Gasteiger partial charge in [-0.05, 0) is 54.1 Å². The number of aromatic hydroxyl groups is 1. The number of fused-ring (bicyclic) bond motifs is 2. The van der Waals surface area contributed by atoms with Crippen LogP contribution in [0.5, 0.6) is 17.2 Å². The third-order valence-corrected chi connectivity index (χ3v) is 10.2. The van der Waals surface area contributed by atoms with Crippen LogP contribution in [0.15, 0.2) is 76.6 Å². The number of anilines is 2. The summed E-state index contributed by atoms with van der Waals surface area (Å²) in [6.45, 7) is -0.358. The molecule has 0 saturated carbocycles. The van der Waals surface area contributed by atoms with Crippen molar-refractivity contribution in [1.82, 2.24) is 4.57 Å². The van der Waals surface area contributed by atoms with E-state index in [2.05, 4.69) is 5.32 Å². The monoisotopic (exact) mass is 648 g/mol. The van der Waals surface area contributed by atoms with Crippen LogP contribution in [0.25, 0.3) is 0 Å². The van der Waals surface area contributed by atoms with Gasteiger partial charge in [0.1, 0.15) is 17.5 Å². The fourth-order valence-electron chi connectivity index (χ4n) is 5.53.